The van der Waals surface area contributed by atoms with Gasteiger partial charge in [-0.1, -0.05) is 36.5 Å². The Morgan fingerprint density at radius 1 is 1.19 bits per heavy atom. The van der Waals surface area contributed by atoms with Gasteiger partial charge in [0.25, 0.3) is 0 Å². The lowest BCUT2D eigenvalue weighted by Gasteiger charge is -2.13. The van der Waals surface area contributed by atoms with Gasteiger partial charge in [0.1, 0.15) is 5.76 Å². The Morgan fingerprint density at radius 3 is 2.65 bits per heavy atom. The van der Waals surface area contributed by atoms with Crippen molar-refractivity contribution >= 4 is 51.2 Å². The van der Waals surface area contributed by atoms with Crippen LogP contribution in [0, 0.1) is 13.8 Å². The number of rotatable bonds is 6. The molecule has 0 saturated carbocycles. The van der Waals surface area contributed by atoms with Crippen molar-refractivity contribution in [1.29, 1.82) is 0 Å². The summed E-state index contributed by atoms with van der Waals surface area (Å²) >= 11 is 8.62. The van der Waals surface area contributed by atoms with Crippen LogP contribution in [0.4, 0.5) is 10.8 Å². The Labute approximate surface area is 166 Å². The molecule has 0 bridgehead atoms. The van der Waals surface area contributed by atoms with Crippen LogP contribution in [0.2, 0.25) is 0 Å². The van der Waals surface area contributed by atoms with Crippen molar-refractivity contribution in [1.82, 2.24) is 9.97 Å². The Hall–Kier alpha value is -1.90. The van der Waals surface area contributed by atoms with Crippen LogP contribution >= 0.6 is 35.3 Å². The van der Waals surface area contributed by atoms with Crippen LogP contribution in [-0.4, -0.2) is 15.1 Å². The highest BCUT2D eigenvalue weighted by Crippen LogP contribution is 2.31. The lowest BCUT2D eigenvalue weighted by Crippen LogP contribution is -2.20. The topological polar surface area (TPSA) is 63.0 Å². The molecule has 0 radical (unpaired) electrons. The molecule has 0 spiro atoms. The molecule has 26 heavy (non-hydrogen) atoms. The molecule has 0 fully saturated rings. The van der Waals surface area contributed by atoms with E-state index >= 15 is 0 Å². The third kappa shape index (κ3) is 4.84. The fourth-order valence-electron chi connectivity index (χ4n) is 2.35. The quantitative estimate of drug-likeness (QED) is 0.420. The molecule has 0 saturated heterocycles. The number of aromatic nitrogens is 2. The molecule has 0 unspecified atom stereocenters. The van der Waals surface area contributed by atoms with E-state index < -0.39 is 0 Å². The highest BCUT2D eigenvalue weighted by atomic mass is 32.2. The van der Waals surface area contributed by atoms with E-state index in [1.807, 2.05) is 19.2 Å². The summed E-state index contributed by atoms with van der Waals surface area (Å²) in [6.45, 7) is 6.17. The molecule has 0 aliphatic carbocycles. The van der Waals surface area contributed by atoms with E-state index in [9.17, 15) is 0 Å². The number of thioether (sulfide) groups is 1. The van der Waals surface area contributed by atoms with Gasteiger partial charge in [-0.15, -0.1) is 11.8 Å². The molecule has 1 aromatic carbocycles. The average molecular weight is 405 g/mol. The number of nitrogens with zero attached hydrogens (tertiary/aromatic N) is 2. The van der Waals surface area contributed by atoms with Crippen molar-refractivity contribution in [3.05, 3.63) is 53.4 Å². The van der Waals surface area contributed by atoms with Crippen molar-refractivity contribution in [2.24, 2.45) is 0 Å². The van der Waals surface area contributed by atoms with Crippen LogP contribution < -0.4 is 10.6 Å². The van der Waals surface area contributed by atoms with Crippen molar-refractivity contribution in [2.75, 3.05) is 10.6 Å². The van der Waals surface area contributed by atoms with Gasteiger partial charge in [-0.05, 0) is 37.2 Å². The molecule has 136 valence electrons. The number of hydrogen-bond donors (Lipinski definition) is 2. The summed E-state index contributed by atoms with van der Waals surface area (Å²) < 4.78 is 6.70. The van der Waals surface area contributed by atoms with Crippen molar-refractivity contribution in [2.45, 2.75) is 37.2 Å². The minimum absolute atomic E-state index is 0.536. The van der Waals surface area contributed by atoms with E-state index in [0.29, 0.717) is 10.9 Å². The minimum atomic E-state index is 0.536. The Kier molecular flexibility index (Phi) is 6.29. The second-order valence-corrected chi connectivity index (χ2v) is 8.41. The molecular weight excluding hydrogens is 384 g/mol. The first-order valence-electron chi connectivity index (χ1n) is 8.21. The number of thiazole rings is 1. The molecule has 8 heteroatoms. The lowest BCUT2D eigenvalue weighted by molar-refractivity contribution is 0.476. The SMILES string of the molecule is CCc1cnc(CSc2cnc(NC(=S)Nc3c(C)cccc3C)s2)o1. The molecule has 3 rings (SSSR count). The maximum Gasteiger partial charge on any atom is 0.204 e. The summed E-state index contributed by atoms with van der Waals surface area (Å²) in [6, 6.07) is 6.15. The van der Waals surface area contributed by atoms with Crippen LogP contribution in [0.15, 0.2) is 39.2 Å². The summed E-state index contributed by atoms with van der Waals surface area (Å²) in [7, 11) is 0. The number of thiocarbonyl (C=S) groups is 1. The van der Waals surface area contributed by atoms with Gasteiger partial charge >= 0.3 is 0 Å². The van der Waals surface area contributed by atoms with Crippen molar-refractivity contribution in [3.63, 3.8) is 0 Å². The molecule has 2 N–H and O–H groups in total. The van der Waals surface area contributed by atoms with Gasteiger partial charge in [0, 0.05) is 12.1 Å². The van der Waals surface area contributed by atoms with Gasteiger partial charge in [-0.25, -0.2) is 9.97 Å². The maximum atomic E-state index is 5.62. The summed E-state index contributed by atoms with van der Waals surface area (Å²) in [5, 5.41) is 7.71. The summed E-state index contributed by atoms with van der Waals surface area (Å²) in [5.74, 6) is 2.34. The minimum Gasteiger partial charge on any atom is -0.445 e. The van der Waals surface area contributed by atoms with Crippen LogP contribution in [0.25, 0.3) is 0 Å². The molecule has 0 aliphatic heterocycles. The van der Waals surface area contributed by atoms with Gasteiger partial charge in [0.2, 0.25) is 5.89 Å². The number of benzene rings is 1. The van der Waals surface area contributed by atoms with E-state index in [2.05, 4.69) is 46.6 Å². The van der Waals surface area contributed by atoms with Crippen molar-refractivity contribution in [3.8, 4) is 0 Å². The number of nitrogens with one attached hydrogen (secondary N) is 2. The number of para-hydroxylation sites is 1. The van der Waals surface area contributed by atoms with Gasteiger partial charge in [-0.3, -0.25) is 0 Å². The molecule has 0 amide bonds. The zero-order valence-electron chi connectivity index (χ0n) is 14.8. The Balaban J connectivity index is 1.55. The van der Waals surface area contributed by atoms with Gasteiger partial charge < -0.3 is 15.1 Å². The molecule has 0 atom stereocenters. The zero-order valence-corrected chi connectivity index (χ0v) is 17.3. The Morgan fingerprint density at radius 2 is 1.96 bits per heavy atom. The zero-order chi connectivity index (χ0) is 18.5. The van der Waals surface area contributed by atoms with Crippen LogP contribution in [0.5, 0.6) is 0 Å². The molecule has 3 aromatic rings. The van der Waals surface area contributed by atoms with Gasteiger partial charge in [-0.2, -0.15) is 0 Å². The smallest absolute Gasteiger partial charge is 0.204 e. The number of aryl methyl sites for hydroxylation is 3. The van der Waals surface area contributed by atoms with E-state index in [0.717, 1.165) is 44.2 Å². The lowest BCUT2D eigenvalue weighted by atomic mass is 10.1. The summed E-state index contributed by atoms with van der Waals surface area (Å²) in [6.07, 6.45) is 4.48. The molecular formula is C18H20N4OS3. The first-order valence-corrected chi connectivity index (χ1v) is 10.4. The second-order valence-electron chi connectivity index (χ2n) is 5.69. The van der Waals surface area contributed by atoms with Gasteiger partial charge in [0.05, 0.1) is 22.4 Å². The largest absolute Gasteiger partial charge is 0.445 e. The highest BCUT2D eigenvalue weighted by molar-refractivity contribution is 8.00. The first kappa shape index (κ1) is 18.9. The monoisotopic (exact) mass is 404 g/mol. The summed E-state index contributed by atoms with van der Waals surface area (Å²) in [5.41, 5.74) is 3.34. The van der Waals surface area contributed by atoms with Crippen LogP contribution in [-0.2, 0) is 12.2 Å². The molecule has 0 aliphatic rings. The first-order chi connectivity index (χ1) is 12.5. The van der Waals surface area contributed by atoms with Crippen LogP contribution in [0.1, 0.15) is 29.7 Å². The fraction of sp³-hybridized carbons (Fsp3) is 0.278. The maximum absolute atomic E-state index is 5.62. The summed E-state index contributed by atoms with van der Waals surface area (Å²) in [4.78, 5) is 8.66. The molecule has 2 heterocycles. The standard InChI is InChI=1S/C18H20N4OS3/c1-4-13-8-19-14(23-13)10-25-15-9-20-18(26-15)22-17(24)21-16-11(2)6-5-7-12(16)3/h5-9H,4,10H2,1-3H3,(H2,20,21,22,24). The number of oxazole rings is 1. The van der Waals surface area contributed by atoms with E-state index in [4.69, 9.17) is 16.6 Å². The predicted octanol–water partition coefficient (Wildman–Crippen LogP) is 5.41. The van der Waals surface area contributed by atoms with Crippen molar-refractivity contribution < 1.29 is 4.42 Å². The highest BCUT2D eigenvalue weighted by Gasteiger charge is 2.09. The number of anilines is 2. The second kappa shape index (κ2) is 8.66. The third-order valence-electron chi connectivity index (χ3n) is 3.71. The third-order valence-corrected chi connectivity index (χ3v) is 6.01. The number of hydrogen-bond acceptors (Lipinski definition) is 6. The molecule has 2 aromatic heterocycles. The van der Waals surface area contributed by atoms with E-state index in [1.54, 1.807) is 29.3 Å². The van der Waals surface area contributed by atoms with E-state index in [1.165, 1.54) is 0 Å². The van der Waals surface area contributed by atoms with Gasteiger partial charge in [0.15, 0.2) is 10.2 Å². The van der Waals surface area contributed by atoms with Crippen LogP contribution in [0.3, 0.4) is 0 Å². The predicted molar refractivity (Wildman–Crippen MR) is 113 cm³/mol. The fourth-order valence-corrected chi connectivity index (χ4v) is 4.34. The Bertz CT molecular complexity index is 883. The molecule has 5 nitrogen and oxygen atoms in total. The average Bonchev–Trinajstić information content (AvgIpc) is 3.25. The van der Waals surface area contributed by atoms with E-state index in [-0.39, 0.29) is 0 Å². The normalized spacial score (nSPS) is 10.7.